The lowest BCUT2D eigenvalue weighted by Crippen LogP contribution is -2.00. The van der Waals surface area contributed by atoms with Gasteiger partial charge in [0.2, 0.25) is 0 Å². The smallest absolute Gasteiger partial charge is 0.164 e. The summed E-state index contributed by atoms with van der Waals surface area (Å²) in [5.41, 5.74) is -0.316. The van der Waals surface area contributed by atoms with Crippen molar-refractivity contribution in [3.63, 3.8) is 0 Å². The summed E-state index contributed by atoms with van der Waals surface area (Å²) < 4.78 is 104. The monoisotopic (exact) mass is 592 g/mol. The molecule has 0 fully saturated rings. The second kappa shape index (κ2) is 9.97. The maximum Gasteiger partial charge on any atom is 0.164 e. The van der Waals surface area contributed by atoms with E-state index in [2.05, 4.69) is 17.1 Å². The zero-order valence-corrected chi connectivity index (χ0v) is 23.4. The van der Waals surface area contributed by atoms with Crippen LogP contribution in [0, 0.1) is 0 Å². The summed E-state index contributed by atoms with van der Waals surface area (Å²) in [6, 6.07) is 16.6. The van der Waals surface area contributed by atoms with Crippen molar-refractivity contribution in [1.82, 2.24) is 15.0 Å². The van der Waals surface area contributed by atoms with Crippen molar-refractivity contribution in [2.45, 2.75) is 0 Å². The van der Waals surface area contributed by atoms with Crippen molar-refractivity contribution in [2.75, 3.05) is 0 Å². The maximum atomic E-state index is 9.33. The van der Waals surface area contributed by atoms with Crippen molar-refractivity contribution in [2.24, 2.45) is 0 Å². The summed E-state index contributed by atoms with van der Waals surface area (Å²) in [5.74, 6) is 0.447. The van der Waals surface area contributed by atoms with Crippen LogP contribution < -0.4 is 0 Å². The molecule has 0 N–H and O–H groups in total. The number of benzene rings is 6. The fourth-order valence-corrected chi connectivity index (χ4v) is 6.35. The lowest BCUT2D eigenvalue weighted by Gasteiger charge is -2.08. The minimum atomic E-state index is -0.679. The van der Waals surface area contributed by atoms with Crippen molar-refractivity contribution < 1.29 is 19.5 Å². The van der Waals surface area contributed by atoms with Gasteiger partial charge in [-0.3, -0.25) is 0 Å². The summed E-state index contributed by atoms with van der Waals surface area (Å²) in [6.07, 6.45) is 0. The second-order valence-electron chi connectivity index (χ2n) is 9.99. The van der Waals surface area contributed by atoms with Gasteiger partial charge in [-0.05, 0) is 47.4 Å². The van der Waals surface area contributed by atoms with E-state index in [0.717, 1.165) is 20.2 Å². The molecule has 3 heterocycles. The lowest BCUT2D eigenvalue weighted by molar-refractivity contribution is 0.669. The van der Waals surface area contributed by atoms with E-state index in [9.17, 15) is 4.11 Å². The molecule has 9 aromatic rings. The first-order valence-electron chi connectivity index (χ1n) is 19.1. The van der Waals surface area contributed by atoms with Gasteiger partial charge in [0, 0.05) is 47.6 Å². The van der Waals surface area contributed by atoms with Crippen molar-refractivity contribution in [1.29, 1.82) is 0 Å². The van der Waals surface area contributed by atoms with Crippen LogP contribution in [-0.4, -0.2) is 15.0 Å². The summed E-state index contributed by atoms with van der Waals surface area (Å²) in [6.45, 7) is 0. The minimum Gasteiger partial charge on any atom is -0.456 e. The number of hydrogen-bond donors (Lipinski definition) is 0. The third-order valence-electron chi connectivity index (χ3n) is 7.29. The van der Waals surface area contributed by atoms with Crippen LogP contribution in [0.15, 0.2) is 144 Å². The van der Waals surface area contributed by atoms with E-state index in [1.54, 1.807) is 11.3 Å². The van der Waals surface area contributed by atoms with E-state index < -0.39 is 77.6 Å². The molecule has 0 aliphatic carbocycles. The standard InChI is InChI=1S/C39H23N3OS/c1-3-9-24(10-4-1)26-17-20-33-32(21-26)29-18-15-27(22-34(29)43-33)38-40-37(25-11-5-2-6-12-25)41-39(42-38)28-16-19-31-30-13-7-8-14-35(30)44-36(31)23-28/h1-23H/i1D,3D,4D,9D,10D,15D,17D,18D,20D,21D,22D. The fourth-order valence-electron chi connectivity index (χ4n) is 5.20. The van der Waals surface area contributed by atoms with Gasteiger partial charge in [0.25, 0.3) is 0 Å². The third kappa shape index (κ3) is 4.17. The van der Waals surface area contributed by atoms with Gasteiger partial charge < -0.3 is 4.42 Å². The predicted molar refractivity (Wildman–Crippen MR) is 182 cm³/mol. The first-order valence-corrected chi connectivity index (χ1v) is 14.5. The Kier molecular flexibility index (Phi) is 3.69. The quantitative estimate of drug-likeness (QED) is 0.204. The molecule has 0 aliphatic heterocycles. The summed E-state index contributed by atoms with van der Waals surface area (Å²) in [4.78, 5) is 14.2. The van der Waals surface area contributed by atoms with Crippen LogP contribution in [0.5, 0.6) is 0 Å². The van der Waals surface area contributed by atoms with E-state index in [1.165, 1.54) is 0 Å². The van der Waals surface area contributed by atoms with Gasteiger partial charge in [-0.2, -0.15) is 0 Å². The molecule has 206 valence electrons. The molecule has 3 aromatic heterocycles. The molecule has 0 atom stereocenters. The van der Waals surface area contributed by atoms with Gasteiger partial charge in [0.1, 0.15) is 11.2 Å². The Morgan fingerprint density at radius 2 is 1.20 bits per heavy atom. The number of fused-ring (bicyclic) bond motifs is 6. The highest BCUT2D eigenvalue weighted by Gasteiger charge is 2.16. The Bertz CT molecular complexity index is 3100. The molecule has 0 unspecified atom stereocenters. The van der Waals surface area contributed by atoms with Gasteiger partial charge in [0.05, 0.1) is 15.1 Å². The molecule has 0 amide bonds. The average Bonchev–Trinajstić information content (AvgIpc) is 3.79. The molecular formula is C39H23N3OS. The Morgan fingerprint density at radius 1 is 0.477 bits per heavy atom. The molecule has 6 aromatic carbocycles. The summed E-state index contributed by atoms with van der Waals surface area (Å²) in [5, 5.41) is 1.83. The minimum absolute atomic E-state index is 0.0793. The molecule has 44 heavy (non-hydrogen) atoms. The Morgan fingerprint density at radius 3 is 2.07 bits per heavy atom. The number of nitrogens with zero attached hydrogens (tertiary/aromatic N) is 3. The number of furan rings is 1. The predicted octanol–water partition coefficient (Wildman–Crippen LogP) is 10.8. The number of aromatic nitrogens is 3. The van der Waals surface area contributed by atoms with Crippen LogP contribution in [0.4, 0.5) is 0 Å². The Balaban J connectivity index is 1.31. The normalized spacial score (nSPS) is 15.1. The first kappa shape index (κ1) is 16.3. The highest BCUT2D eigenvalue weighted by Crippen LogP contribution is 2.37. The van der Waals surface area contributed by atoms with Crippen molar-refractivity contribution >= 4 is 53.4 Å². The first-order chi connectivity index (χ1) is 26.4. The summed E-state index contributed by atoms with van der Waals surface area (Å²) in [7, 11) is 0. The Labute approximate surface area is 272 Å². The van der Waals surface area contributed by atoms with Gasteiger partial charge in [-0.25, -0.2) is 15.0 Å². The zero-order valence-electron chi connectivity index (χ0n) is 33.6. The van der Waals surface area contributed by atoms with Gasteiger partial charge in [-0.1, -0.05) is 103 Å². The van der Waals surface area contributed by atoms with Crippen LogP contribution in [0.1, 0.15) is 15.1 Å². The van der Waals surface area contributed by atoms with Crippen LogP contribution in [-0.2, 0) is 0 Å². The average molecular weight is 593 g/mol. The van der Waals surface area contributed by atoms with Crippen LogP contribution in [0.2, 0.25) is 0 Å². The van der Waals surface area contributed by atoms with E-state index in [1.807, 2.05) is 60.7 Å². The van der Waals surface area contributed by atoms with Gasteiger partial charge in [-0.15, -0.1) is 11.3 Å². The second-order valence-corrected chi connectivity index (χ2v) is 11.1. The highest BCUT2D eigenvalue weighted by molar-refractivity contribution is 7.25. The van der Waals surface area contributed by atoms with Gasteiger partial charge >= 0.3 is 0 Å². The van der Waals surface area contributed by atoms with Crippen LogP contribution in [0.25, 0.3) is 87.4 Å². The third-order valence-corrected chi connectivity index (χ3v) is 8.42. The van der Waals surface area contributed by atoms with E-state index in [0.29, 0.717) is 11.1 Å². The molecule has 0 saturated heterocycles. The largest absolute Gasteiger partial charge is 0.456 e. The Hall–Kier alpha value is -5.65. The molecule has 0 spiro atoms. The fraction of sp³-hybridized carbons (Fsp3) is 0. The molecule has 5 heteroatoms. The van der Waals surface area contributed by atoms with Crippen molar-refractivity contribution in [3.8, 4) is 45.3 Å². The summed E-state index contributed by atoms with van der Waals surface area (Å²) >= 11 is 1.63. The molecule has 4 nitrogen and oxygen atoms in total. The molecule has 0 saturated carbocycles. The number of hydrogen-bond acceptors (Lipinski definition) is 5. The highest BCUT2D eigenvalue weighted by atomic mass is 32.1. The van der Waals surface area contributed by atoms with Gasteiger partial charge in [0.15, 0.2) is 17.5 Å². The number of rotatable bonds is 4. The molecule has 9 rings (SSSR count). The van der Waals surface area contributed by atoms with Crippen molar-refractivity contribution in [3.05, 3.63) is 139 Å². The molecule has 0 bridgehead atoms. The molecular weight excluding hydrogens is 559 g/mol. The van der Waals surface area contributed by atoms with Crippen LogP contribution >= 0.6 is 11.3 Å². The zero-order chi connectivity index (χ0) is 38.6. The SMILES string of the molecule is [2H]c1c([2H])c([2H])c(-c2c([2H])c([2H])c3oc4c([2H])c(-c5nc(-c6ccccc6)nc(-c6ccc7c(c6)sc6ccccc67)n5)c([2H])c([2H])c4c3c2[2H])c([2H])c1[2H]. The maximum absolute atomic E-state index is 9.33. The van der Waals surface area contributed by atoms with Crippen LogP contribution in [0.3, 0.4) is 0 Å². The number of thiophene rings is 1. The molecule has 0 radical (unpaired) electrons. The van der Waals surface area contributed by atoms with E-state index >= 15 is 0 Å². The molecule has 0 aliphatic rings. The van der Waals surface area contributed by atoms with E-state index in [4.69, 9.17) is 25.4 Å². The lowest BCUT2D eigenvalue weighted by atomic mass is 10.0. The van der Waals surface area contributed by atoms with E-state index in [-0.39, 0.29) is 45.0 Å². The topological polar surface area (TPSA) is 51.8 Å².